The van der Waals surface area contributed by atoms with Crippen molar-refractivity contribution in [3.63, 3.8) is 0 Å². The highest BCUT2D eigenvalue weighted by molar-refractivity contribution is 6.76. The SMILES string of the molecule is C[C@H]1CN(c2cc(F)c(C3=CCN(C(=O)O)CC3)c(F)c2NC(=O)c2cnc(OCC[Si](C)(C)C)cc2C(F)F)CCN1C. The zero-order chi connectivity index (χ0) is 32.3. The number of hydrogen-bond donors (Lipinski definition) is 2. The van der Waals surface area contributed by atoms with Gasteiger partial charge in [-0.2, -0.15) is 0 Å². The van der Waals surface area contributed by atoms with E-state index in [1.54, 1.807) is 4.90 Å². The van der Waals surface area contributed by atoms with Gasteiger partial charge in [0, 0.05) is 70.7 Å². The number of nitrogens with one attached hydrogen (secondary N) is 1. The predicted molar refractivity (Wildman–Crippen MR) is 164 cm³/mol. The molecule has 1 aromatic heterocycles. The Balaban J connectivity index is 1.72. The third-order valence-corrected chi connectivity index (χ3v) is 9.73. The van der Waals surface area contributed by atoms with Gasteiger partial charge < -0.3 is 29.9 Å². The van der Waals surface area contributed by atoms with Gasteiger partial charge in [0.25, 0.3) is 12.3 Å². The Morgan fingerprint density at radius 3 is 2.50 bits per heavy atom. The number of carboxylic acid groups (broad SMARTS) is 1. The number of hydrogen-bond acceptors (Lipinski definition) is 6. The molecule has 240 valence electrons. The topological polar surface area (TPSA) is 98.2 Å². The molecule has 9 nitrogen and oxygen atoms in total. The van der Waals surface area contributed by atoms with Crippen molar-refractivity contribution >= 4 is 37.0 Å². The average molecular weight is 638 g/mol. The summed E-state index contributed by atoms with van der Waals surface area (Å²) < 4.78 is 65.9. The van der Waals surface area contributed by atoms with Crippen LogP contribution in [-0.2, 0) is 0 Å². The third kappa shape index (κ3) is 7.70. The normalized spacial score (nSPS) is 18.0. The van der Waals surface area contributed by atoms with Crippen LogP contribution in [0.4, 0.5) is 33.7 Å². The second-order valence-corrected chi connectivity index (χ2v) is 18.1. The van der Waals surface area contributed by atoms with Crippen LogP contribution >= 0.6 is 0 Å². The number of nitrogens with zero attached hydrogens (tertiary/aromatic N) is 4. The molecule has 1 aromatic carbocycles. The van der Waals surface area contributed by atoms with Gasteiger partial charge in [-0.25, -0.2) is 27.3 Å². The Bertz CT molecular complexity index is 1440. The molecule has 1 fully saturated rings. The summed E-state index contributed by atoms with van der Waals surface area (Å²) in [6.07, 6.45) is -1.73. The van der Waals surface area contributed by atoms with Crippen LogP contribution in [0.2, 0.25) is 25.7 Å². The highest BCUT2D eigenvalue weighted by Crippen LogP contribution is 2.39. The fraction of sp³-hybridized carbons (Fsp3) is 0.500. The summed E-state index contributed by atoms with van der Waals surface area (Å²) in [5.74, 6) is -3.01. The van der Waals surface area contributed by atoms with Crippen LogP contribution in [0, 0.1) is 11.6 Å². The van der Waals surface area contributed by atoms with Crippen molar-refractivity contribution in [3.8, 4) is 5.88 Å². The first-order valence-corrected chi connectivity index (χ1v) is 18.2. The lowest BCUT2D eigenvalue weighted by molar-refractivity contribution is 0.101. The molecule has 2 aliphatic rings. The largest absolute Gasteiger partial charge is 0.478 e. The van der Waals surface area contributed by atoms with Crippen LogP contribution in [0.3, 0.4) is 0 Å². The molecule has 2 amide bonds. The minimum Gasteiger partial charge on any atom is -0.478 e. The summed E-state index contributed by atoms with van der Waals surface area (Å²) in [5, 5.41) is 11.7. The van der Waals surface area contributed by atoms with Gasteiger partial charge in [0.2, 0.25) is 5.88 Å². The number of pyridine rings is 1. The molecule has 0 aliphatic carbocycles. The first-order valence-electron chi connectivity index (χ1n) is 14.5. The number of amides is 2. The van der Waals surface area contributed by atoms with Crippen molar-refractivity contribution in [2.75, 3.05) is 56.6 Å². The van der Waals surface area contributed by atoms with Gasteiger partial charge in [0.1, 0.15) is 11.5 Å². The molecule has 0 unspecified atom stereocenters. The maximum absolute atomic E-state index is 16.4. The van der Waals surface area contributed by atoms with Crippen LogP contribution in [0.25, 0.3) is 5.57 Å². The van der Waals surface area contributed by atoms with E-state index in [1.165, 1.54) is 6.08 Å². The summed E-state index contributed by atoms with van der Waals surface area (Å²) in [7, 11) is 0.484. The number of likely N-dealkylation sites (N-methyl/N-ethyl adjacent to an activating group) is 1. The summed E-state index contributed by atoms with van der Waals surface area (Å²) in [4.78, 5) is 33.8. The molecule has 3 heterocycles. The summed E-state index contributed by atoms with van der Waals surface area (Å²) >= 11 is 0. The van der Waals surface area contributed by atoms with Gasteiger partial charge in [0.15, 0.2) is 5.82 Å². The van der Waals surface area contributed by atoms with E-state index in [0.29, 0.717) is 26.2 Å². The van der Waals surface area contributed by atoms with Crippen molar-refractivity contribution in [1.29, 1.82) is 0 Å². The quantitative estimate of drug-likeness (QED) is 0.251. The number of rotatable bonds is 9. The Labute approximate surface area is 255 Å². The average Bonchev–Trinajstić information content (AvgIpc) is 2.95. The number of ether oxygens (including phenoxy) is 1. The fourth-order valence-corrected chi connectivity index (χ4v) is 5.86. The van der Waals surface area contributed by atoms with Gasteiger partial charge in [-0.05, 0) is 32.0 Å². The number of carbonyl (C=O) groups excluding carboxylic acids is 1. The lowest BCUT2D eigenvalue weighted by Gasteiger charge is -2.40. The summed E-state index contributed by atoms with van der Waals surface area (Å²) in [5.41, 5.74) is -1.49. The predicted octanol–water partition coefficient (Wildman–Crippen LogP) is 6.17. The first kappa shape index (κ1) is 33.2. The van der Waals surface area contributed by atoms with E-state index in [-0.39, 0.29) is 48.4 Å². The monoisotopic (exact) mass is 637 g/mol. The highest BCUT2D eigenvalue weighted by atomic mass is 28.3. The number of aromatic nitrogens is 1. The molecule has 2 aliphatic heterocycles. The van der Waals surface area contributed by atoms with Crippen LogP contribution < -0.4 is 15.0 Å². The molecule has 0 radical (unpaired) electrons. The Kier molecular flexibility index (Phi) is 10.2. The first-order chi connectivity index (χ1) is 20.7. The zero-order valence-electron chi connectivity index (χ0n) is 25.6. The van der Waals surface area contributed by atoms with Gasteiger partial charge >= 0.3 is 6.09 Å². The maximum atomic E-state index is 16.4. The number of anilines is 2. The Hall–Kier alpha value is -3.65. The van der Waals surface area contributed by atoms with Gasteiger partial charge in [-0.3, -0.25) is 4.79 Å². The minimum absolute atomic E-state index is 0.0317. The Morgan fingerprint density at radius 2 is 1.91 bits per heavy atom. The van der Waals surface area contributed by atoms with Gasteiger partial charge in [0.05, 0.1) is 23.4 Å². The van der Waals surface area contributed by atoms with Crippen molar-refractivity contribution in [3.05, 3.63) is 52.7 Å². The number of halogens is 4. The molecule has 0 spiro atoms. The number of carbonyl (C=O) groups is 2. The smallest absolute Gasteiger partial charge is 0.407 e. The molecule has 2 aromatic rings. The molecule has 14 heteroatoms. The summed E-state index contributed by atoms with van der Waals surface area (Å²) in [6.45, 7) is 10.1. The van der Waals surface area contributed by atoms with E-state index in [4.69, 9.17) is 4.74 Å². The van der Waals surface area contributed by atoms with Gasteiger partial charge in [-0.15, -0.1) is 0 Å². The van der Waals surface area contributed by atoms with Crippen LogP contribution in [-0.4, -0.2) is 92.4 Å². The second kappa shape index (κ2) is 13.5. The van der Waals surface area contributed by atoms with Crippen LogP contribution in [0.15, 0.2) is 24.4 Å². The number of alkyl halides is 2. The number of benzene rings is 1. The third-order valence-electron chi connectivity index (χ3n) is 8.03. The minimum atomic E-state index is -3.05. The van der Waals surface area contributed by atoms with Gasteiger partial charge in [-0.1, -0.05) is 25.7 Å². The molecule has 1 saturated heterocycles. The highest BCUT2D eigenvalue weighted by Gasteiger charge is 2.31. The van der Waals surface area contributed by atoms with Crippen molar-refractivity contribution in [2.45, 2.75) is 51.5 Å². The second-order valence-electron chi connectivity index (χ2n) is 12.4. The molecular weight excluding hydrogens is 598 g/mol. The van der Waals surface area contributed by atoms with Crippen LogP contribution in [0.5, 0.6) is 5.88 Å². The lowest BCUT2D eigenvalue weighted by atomic mass is 9.96. The molecule has 0 bridgehead atoms. The lowest BCUT2D eigenvalue weighted by Crippen LogP contribution is -2.50. The molecule has 44 heavy (non-hydrogen) atoms. The van der Waals surface area contributed by atoms with Crippen LogP contribution in [0.1, 0.15) is 41.3 Å². The molecule has 0 saturated carbocycles. The molecule has 2 N–H and O–H groups in total. The molecule has 4 rings (SSSR count). The molecular formula is C30H39F4N5O4Si. The van der Waals surface area contributed by atoms with E-state index in [0.717, 1.165) is 29.3 Å². The van der Waals surface area contributed by atoms with E-state index < -0.39 is 54.8 Å². The van der Waals surface area contributed by atoms with E-state index in [1.807, 2.05) is 14.0 Å². The van der Waals surface area contributed by atoms with E-state index in [9.17, 15) is 23.5 Å². The maximum Gasteiger partial charge on any atom is 0.407 e. The van der Waals surface area contributed by atoms with Crippen molar-refractivity contribution < 1.29 is 37.0 Å². The van der Waals surface area contributed by atoms with Crippen molar-refractivity contribution in [2.24, 2.45) is 0 Å². The van der Waals surface area contributed by atoms with E-state index in [2.05, 4.69) is 34.8 Å². The van der Waals surface area contributed by atoms with E-state index >= 15 is 8.78 Å². The zero-order valence-corrected chi connectivity index (χ0v) is 26.6. The Morgan fingerprint density at radius 1 is 1.18 bits per heavy atom. The fourth-order valence-electron chi connectivity index (χ4n) is 5.15. The molecule has 1 atom stereocenters. The standard InChI is InChI=1S/C30H39F4N5O4Si/c1-18-17-39(11-10-37(18)2)23-15-22(31)25(19-6-8-38(9-7-19)30(41)42)26(32)27(23)36-29(40)21-16-35-24(14-20(21)28(33)34)43-12-13-44(3,4)5/h6,14-16,18,28H,7-13,17H2,1-5H3,(H,36,40)(H,41,42)/t18-/m0/s1. The number of piperazine rings is 1. The van der Waals surface area contributed by atoms with Crippen molar-refractivity contribution in [1.82, 2.24) is 14.8 Å². The summed E-state index contributed by atoms with van der Waals surface area (Å²) in [6, 6.07) is 2.97.